The average molecular weight is 242 g/mol. The van der Waals surface area contributed by atoms with Gasteiger partial charge in [-0.25, -0.2) is 0 Å². The highest BCUT2D eigenvalue weighted by Gasteiger charge is 1.95. The topological polar surface area (TPSA) is 51.1 Å². The summed E-state index contributed by atoms with van der Waals surface area (Å²) < 4.78 is 6.80. The van der Waals surface area contributed by atoms with Gasteiger partial charge in [0.05, 0.1) is 6.54 Å². The van der Waals surface area contributed by atoms with Gasteiger partial charge < -0.3 is 15.4 Å². The Balaban J connectivity index is 1.98. The van der Waals surface area contributed by atoms with Crippen LogP contribution in [0.4, 0.5) is 0 Å². The third kappa shape index (κ3) is 5.67. The third-order valence-electron chi connectivity index (χ3n) is 2.00. The smallest absolute Gasteiger partial charge is 0.166 e. The van der Waals surface area contributed by atoms with Crippen LogP contribution in [0.2, 0.25) is 0 Å². The highest BCUT2D eigenvalue weighted by atomic mass is 32.1. The third-order valence-corrected chi connectivity index (χ3v) is 2.29. The van der Waals surface area contributed by atoms with Crippen molar-refractivity contribution in [3.63, 3.8) is 0 Å². The zero-order valence-electron chi connectivity index (χ0n) is 9.48. The normalized spacial score (nSPS) is 10.1. The van der Waals surface area contributed by atoms with E-state index in [1.807, 2.05) is 16.9 Å². The van der Waals surface area contributed by atoms with E-state index in [1.165, 1.54) is 0 Å². The van der Waals surface area contributed by atoms with Crippen LogP contribution >= 0.6 is 12.2 Å². The first-order valence-corrected chi connectivity index (χ1v) is 5.72. The summed E-state index contributed by atoms with van der Waals surface area (Å²) in [6.07, 6.45) is 4.65. The lowest BCUT2D eigenvalue weighted by atomic mass is 10.4. The summed E-state index contributed by atoms with van der Waals surface area (Å²) in [4.78, 5) is 0. The standard InChI is InChI=1S/C10H18N4OS/c1-15-9-3-4-11-10(16)12-6-8-14-7-2-5-13-14/h2,5,7H,3-4,6,8-9H2,1H3,(H2,11,12,16). The predicted octanol–water partition coefficient (Wildman–Crippen LogP) is 0.384. The second kappa shape index (κ2) is 8.06. The molecule has 1 rings (SSSR count). The Kier molecular flexibility index (Phi) is 6.52. The highest BCUT2D eigenvalue weighted by molar-refractivity contribution is 7.80. The molecular weight excluding hydrogens is 224 g/mol. The second-order valence-electron chi connectivity index (χ2n) is 3.30. The van der Waals surface area contributed by atoms with Crippen LogP contribution in [-0.4, -0.2) is 41.7 Å². The maximum Gasteiger partial charge on any atom is 0.166 e. The molecule has 0 aromatic carbocycles. The number of thiocarbonyl (C=S) groups is 1. The lowest BCUT2D eigenvalue weighted by Gasteiger charge is -2.10. The number of hydrogen-bond acceptors (Lipinski definition) is 3. The number of hydrogen-bond donors (Lipinski definition) is 2. The van der Waals surface area contributed by atoms with Gasteiger partial charge in [0.2, 0.25) is 0 Å². The average Bonchev–Trinajstić information content (AvgIpc) is 2.77. The molecule has 90 valence electrons. The van der Waals surface area contributed by atoms with Gasteiger partial charge in [-0.15, -0.1) is 0 Å². The Hall–Kier alpha value is -1.14. The van der Waals surface area contributed by atoms with Crippen molar-refractivity contribution in [3.8, 4) is 0 Å². The Morgan fingerprint density at radius 1 is 1.44 bits per heavy atom. The fourth-order valence-electron chi connectivity index (χ4n) is 1.20. The van der Waals surface area contributed by atoms with Crippen LogP contribution in [0.3, 0.4) is 0 Å². The fraction of sp³-hybridized carbons (Fsp3) is 0.600. The van der Waals surface area contributed by atoms with E-state index in [4.69, 9.17) is 17.0 Å². The molecule has 0 bridgehead atoms. The van der Waals surface area contributed by atoms with E-state index in [-0.39, 0.29) is 0 Å². The minimum absolute atomic E-state index is 0.684. The number of aromatic nitrogens is 2. The number of nitrogens with one attached hydrogen (secondary N) is 2. The maximum absolute atomic E-state index is 5.11. The van der Waals surface area contributed by atoms with Crippen molar-refractivity contribution < 1.29 is 4.74 Å². The summed E-state index contributed by atoms with van der Waals surface area (Å²) >= 11 is 5.11. The summed E-state index contributed by atoms with van der Waals surface area (Å²) in [5.41, 5.74) is 0. The molecule has 2 N–H and O–H groups in total. The van der Waals surface area contributed by atoms with Crippen LogP contribution in [-0.2, 0) is 11.3 Å². The first-order valence-electron chi connectivity index (χ1n) is 5.31. The molecule has 0 aliphatic carbocycles. The van der Waals surface area contributed by atoms with Crippen LogP contribution < -0.4 is 10.6 Å². The quantitative estimate of drug-likeness (QED) is 0.535. The summed E-state index contributed by atoms with van der Waals surface area (Å²) in [5.74, 6) is 0. The van der Waals surface area contributed by atoms with E-state index in [2.05, 4.69) is 15.7 Å². The van der Waals surface area contributed by atoms with Crippen LogP contribution in [0.1, 0.15) is 6.42 Å². The van der Waals surface area contributed by atoms with Crippen LogP contribution in [0.15, 0.2) is 18.5 Å². The molecule has 1 heterocycles. The van der Waals surface area contributed by atoms with Crippen molar-refractivity contribution in [2.24, 2.45) is 0 Å². The van der Waals surface area contributed by atoms with Gasteiger partial charge in [-0.2, -0.15) is 5.10 Å². The number of nitrogens with zero attached hydrogens (tertiary/aromatic N) is 2. The van der Waals surface area contributed by atoms with Gasteiger partial charge in [-0.3, -0.25) is 4.68 Å². The van der Waals surface area contributed by atoms with Crippen molar-refractivity contribution in [1.82, 2.24) is 20.4 Å². The van der Waals surface area contributed by atoms with Gasteiger partial charge in [-0.05, 0) is 24.7 Å². The van der Waals surface area contributed by atoms with E-state index in [1.54, 1.807) is 13.3 Å². The molecule has 0 radical (unpaired) electrons. The second-order valence-corrected chi connectivity index (χ2v) is 3.71. The maximum atomic E-state index is 5.11. The van der Waals surface area contributed by atoms with Crippen LogP contribution in [0, 0.1) is 0 Å². The lowest BCUT2D eigenvalue weighted by molar-refractivity contribution is 0.195. The van der Waals surface area contributed by atoms with Crippen LogP contribution in [0.25, 0.3) is 0 Å². The van der Waals surface area contributed by atoms with E-state index in [0.29, 0.717) is 5.11 Å². The van der Waals surface area contributed by atoms with Crippen molar-refractivity contribution in [2.75, 3.05) is 26.8 Å². The Labute approximate surface area is 101 Å². The molecule has 6 heteroatoms. The lowest BCUT2D eigenvalue weighted by Crippen LogP contribution is -2.37. The minimum atomic E-state index is 0.684. The van der Waals surface area contributed by atoms with Gasteiger partial charge in [0.15, 0.2) is 5.11 Å². The Morgan fingerprint density at radius 2 is 2.25 bits per heavy atom. The molecule has 0 spiro atoms. The molecule has 0 aliphatic heterocycles. The summed E-state index contributed by atoms with van der Waals surface area (Å²) in [7, 11) is 1.70. The van der Waals surface area contributed by atoms with E-state index < -0.39 is 0 Å². The highest BCUT2D eigenvalue weighted by Crippen LogP contribution is 1.82. The van der Waals surface area contributed by atoms with Crippen molar-refractivity contribution >= 4 is 17.3 Å². The Morgan fingerprint density at radius 3 is 2.94 bits per heavy atom. The summed E-state index contributed by atoms with van der Waals surface area (Å²) in [6.45, 7) is 3.18. The van der Waals surface area contributed by atoms with E-state index in [9.17, 15) is 0 Å². The van der Waals surface area contributed by atoms with Gasteiger partial charge in [-0.1, -0.05) is 0 Å². The van der Waals surface area contributed by atoms with Gasteiger partial charge >= 0.3 is 0 Å². The van der Waals surface area contributed by atoms with Crippen LogP contribution in [0.5, 0.6) is 0 Å². The Bertz CT molecular complexity index is 289. The molecule has 0 atom stereocenters. The van der Waals surface area contributed by atoms with E-state index >= 15 is 0 Å². The van der Waals surface area contributed by atoms with Crippen molar-refractivity contribution in [2.45, 2.75) is 13.0 Å². The number of methoxy groups -OCH3 is 1. The number of ether oxygens (including phenoxy) is 1. The molecule has 0 saturated heterocycles. The summed E-state index contributed by atoms with van der Waals surface area (Å²) in [5, 5.41) is 11.0. The van der Waals surface area contributed by atoms with Gasteiger partial charge in [0, 0.05) is 39.2 Å². The molecule has 0 saturated carbocycles. The molecule has 1 aromatic rings. The predicted molar refractivity (Wildman–Crippen MR) is 67.3 cm³/mol. The first-order chi connectivity index (χ1) is 7.83. The molecule has 16 heavy (non-hydrogen) atoms. The van der Waals surface area contributed by atoms with Gasteiger partial charge in [0.1, 0.15) is 0 Å². The van der Waals surface area contributed by atoms with Gasteiger partial charge in [0.25, 0.3) is 0 Å². The zero-order valence-corrected chi connectivity index (χ0v) is 10.3. The molecule has 5 nitrogen and oxygen atoms in total. The summed E-state index contributed by atoms with van der Waals surface area (Å²) in [6, 6.07) is 1.90. The molecular formula is C10H18N4OS. The molecule has 0 aliphatic rings. The molecule has 0 fully saturated rings. The largest absolute Gasteiger partial charge is 0.385 e. The van der Waals surface area contributed by atoms with E-state index in [0.717, 1.165) is 32.7 Å². The van der Waals surface area contributed by atoms with Crippen molar-refractivity contribution in [3.05, 3.63) is 18.5 Å². The monoisotopic (exact) mass is 242 g/mol. The molecule has 0 amide bonds. The minimum Gasteiger partial charge on any atom is -0.385 e. The number of rotatable bonds is 7. The van der Waals surface area contributed by atoms with Crippen molar-refractivity contribution in [1.29, 1.82) is 0 Å². The molecule has 1 aromatic heterocycles. The fourth-order valence-corrected chi connectivity index (χ4v) is 1.40. The zero-order chi connectivity index (χ0) is 11.6. The molecule has 0 unspecified atom stereocenters. The first kappa shape index (κ1) is 12.9. The SMILES string of the molecule is COCCCNC(=S)NCCn1cccn1.